The van der Waals surface area contributed by atoms with E-state index in [1.165, 1.54) is 9.96 Å². The highest BCUT2D eigenvalue weighted by atomic mass is 16.7. The lowest BCUT2D eigenvalue weighted by molar-refractivity contribution is -0.172. The second kappa shape index (κ2) is 9.34. The van der Waals surface area contributed by atoms with Crippen molar-refractivity contribution in [3.8, 4) is 0 Å². The number of esters is 1. The molecule has 0 aromatic rings. The van der Waals surface area contributed by atoms with E-state index in [9.17, 15) is 14.4 Å². The number of amides is 3. The lowest BCUT2D eigenvalue weighted by Crippen LogP contribution is -2.50. The van der Waals surface area contributed by atoms with E-state index in [0.717, 1.165) is 25.8 Å². The number of carbonyl (C=O) groups is 3. The second-order valence-corrected chi connectivity index (χ2v) is 7.01. The van der Waals surface area contributed by atoms with Gasteiger partial charge in [0.1, 0.15) is 6.04 Å². The molecule has 0 aromatic heterocycles. The van der Waals surface area contributed by atoms with Crippen LogP contribution in [0.3, 0.4) is 0 Å². The molecule has 27 heavy (non-hydrogen) atoms. The fraction of sp³-hybridized carbons (Fsp3) is 0.824. The van der Waals surface area contributed by atoms with Gasteiger partial charge in [0, 0.05) is 12.6 Å². The summed E-state index contributed by atoms with van der Waals surface area (Å²) in [4.78, 5) is 48.6. The van der Waals surface area contributed by atoms with E-state index < -0.39 is 18.0 Å². The maximum Gasteiger partial charge on any atom is 0.345 e. The van der Waals surface area contributed by atoms with Crippen molar-refractivity contribution >= 4 is 17.9 Å². The predicted octanol–water partition coefficient (Wildman–Crippen LogP) is -0.0604. The molecule has 152 valence electrons. The minimum absolute atomic E-state index is 0.164. The Labute approximate surface area is 158 Å². The van der Waals surface area contributed by atoms with Crippen molar-refractivity contribution in [3.63, 3.8) is 0 Å². The molecule has 0 spiro atoms. The third-order valence-corrected chi connectivity index (χ3v) is 5.12. The van der Waals surface area contributed by atoms with Crippen LogP contribution >= 0.6 is 0 Å². The van der Waals surface area contributed by atoms with Crippen LogP contribution in [0.15, 0.2) is 0 Å². The number of urea groups is 1. The predicted molar refractivity (Wildman–Crippen MR) is 93.1 cm³/mol. The maximum atomic E-state index is 12.5. The Balaban J connectivity index is 1.45. The molecule has 0 radical (unpaired) electrons. The number of hydroxylamine groups is 3. The first-order valence-electron chi connectivity index (χ1n) is 9.63. The van der Waals surface area contributed by atoms with Crippen molar-refractivity contribution in [2.45, 2.75) is 57.2 Å². The molecule has 3 aliphatic heterocycles. The van der Waals surface area contributed by atoms with Gasteiger partial charge in [-0.25, -0.2) is 15.1 Å². The normalized spacial score (nSPS) is 27.6. The fourth-order valence-corrected chi connectivity index (χ4v) is 3.74. The minimum Gasteiger partial charge on any atom is -0.464 e. The maximum absolute atomic E-state index is 12.5. The molecule has 0 aliphatic carbocycles. The molecule has 3 fully saturated rings. The molecule has 0 saturated carbocycles. The summed E-state index contributed by atoms with van der Waals surface area (Å²) in [5.41, 5.74) is 2.48. The van der Waals surface area contributed by atoms with Crippen LogP contribution in [-0.2, 0) is 24.0 Å². The number of rotatable bonds is 8. The summed E-state index contributed by atoms with van der Waals surface area (Å²) in [7, 11) is 0. The zero-order valence-electron chi connectivity index (χ0n) is 15.6. The molecular formula is C17H28N4O6. The number of ether oxygens (including phenoxy) is 1. The number of nitrogens with zero attached hydrogens (tertiary/aromatic N) is 2. The number of carbonyl (C=O) groups excluding carboxylic acids is 3. The SMILES string of the molecule is CCOC(=O)CON1C(=O)N2C[C@H]1CC[C@H]2C(=O)NOC[C@H]1CCCCN1. The zero-order chi connectivity index (χ0) is 19.2. The van der Waals surface area contributed by atoms with E-state index in [2.05, 4.69) is 10.8 Å². The molecule has 3 rings (SSSR count). The number of nitrogens with one attached hydrogen (secondary N) is 2. The van der Waals surface area contributed by atoms with E-state index >= 15 is 0 Å². The summed E-state index contributed by atoms with van der Waals surface area (Å²) in [5, 5.41) is 4.53. The summed E-state index contributed by atoms with van der Waals surface area (Å²) in [5.74, 6) is -0.856. The Bertz CT molecular complexity index is 554. The molecule has 0 unspecified atom stereocenters. The molecule has 3 amide bonds. The zero-order valence-corrected chi connectivity index (χ0v) is 15.6. The van der Waals surface area contributed by atoms with Crippen molar-refractivity contribution in [2.75, 3.05) is 32.9 Å². The van der Waals surface area contributed by atoms with Crippen LogP contribution in [0, 0.1) is 0 Å². The van der Waals surface area contributed by atoms with Gasteiger partial charge in [-0.1, -0.05) is 6.42 Å². The lowest BCUT2D eigenvalue weighted by atomic mass is 10.0. The van der Waals surface area contributed by atoms with Gasteiger partial charge in [-0.2, -0.15) is 5.06 Å². The lowest BCUT2D eigenvalue weighted by Gasteiger charge is -2.29. The van der Waals surface area contributed by atoms with Gasteiger partial charge in [-0.15, -0.1) is 0 Å². The number of piperidine rings is 2. The average molecular weight is 384 g/mol. The highest BCUT2D eigenvalue weighted by Crippen LogP contribution is 2.30. The molecule has 2 N–H and O–H groups in total. The summed E-state index contributed by atoms with van der Waals surface area (Å²) in [6, 6.07) is -0.918. The van der Waals surface area contributed by atoms with Crippen LogP contribution in [-0.4, -0.2) is 78.9 Å². The first kappa shape index (κ1) is 19.8. The van der Waals surface area contributed by atoms with Gasteiger partial charge in [0.25, 0.3) is 5.91 Å². The van der Waals surface area contributed by atoms with Crippen molar-refractivity contribution in [1.82, 2.24) is 20.8 Å². The van der Waals surface area contributed by atoms with Crippen molar-refractivity contribution in [3.05, 3.63) is 0 Å². The molecule has 10 heteroatoms. The van der Waals surface area contributed by atoms with Gasteiger partial charge in [-0.05, 0) is 39.2 Å². The van der Waals surface area contributed by atoms with Crippen LogP contribution in [0.25, 0.3) is 0 Å². The van der Waals surface area contributed by atoms with E-state index in [0.29, 0.717) is 26.0 Å². The molecule has 10 nitrogen and oxygen atoms in total. The first-order valence-corrected chi connectivity index (χ1v) is 9.63. The third kappa shape index (κ3) is 4.88. The van der Waals surface area contributed by atoms with Gasteiger partial charge in [-0.3, -0.25) is 14.5 Å². The topological polar surface area (TPSA) is 109 Å². The smallest absolute Gasteiger partial charge is 0.345 e. The number of fused-ring (bicyclic) bond motifs is 2. The Morgan fingerprint density at radius 3 is 2.85 bits per heavy atom. The molecule has 2 bridgehead atoms. The third-order valence-electron chi connectivity index (χ3n) is 5.12. The first-order chi connectivity index (χ1) is 13.1. The molecule has 3 heterocycles. The Morgan fingerprint density at radius 1 is 1.26 bits per heavy atom. The van der Waals surface area contributed by atoms with E-state index in [1.807, 2.05) is 0 Å². The van der Waals surface area contributed by atoms with Crippen LogP contribution < -0.4 is 10.8 Å². The molecule has 3 saturated heterocycles. The highest BCUT2D eigenvalue weighted by Gasteiger charge is 2.48. The summed E-state index contributed by atoms with van der Waals surface area (Å²) < 4.78 is 4.80. The molecule has 0 aromatic carbocycles. The van der Waals surface area contributed by atoms with Crippen LogP contribution in [0.5, 0.6) is 0 Å². The molecule has 3 aliphatic rings. The van der Waals surface area contributed by atoms with Crippen LogP contribution in [0.1, 0.15) is 39.0 Å². The number of hydrogen-bond acceptors (Lipinski definition) is 7. The monoisotopic (exact) mass is 384 g/mol. The van der Waals surface area contributed by atoms with Crippen LogP contribution in [0.4, 0.5) is 4.79 Å². The number of hydrogen-bond donors (Lipinski definition) is 2. The Kier molecular flexibility index (Phi) is 6.86. The van der Waals surface area contributed by atoms with Crippen molar-refractivity contribution in [2.24, 2.45) is 0 Å². The van der Waals surface area contributed by atoms with E-state index in [1.54, 1.807) is 6.92 Å². The van der Waals surface area contributed by atoms with E-state index in [-0.39, 0.29) is 31.2 Å². The average Bonchev–Trinajstić information content (AvgIpc) is 2.91. The highest BCUT2D eigenvalue weighted by molar-refractivity contribution is 5.88. The van der Waals surface area contributed by atoms with Gasteiger partial charge >= 0.3 is 12.0 Å². The van der Waals surface area contributed by atoms with Gasteiger partial charge in [0.15, 0.2) is 6.61 Å². The largest absolute Gasteiger partial charge is 0.464 e. The molecular weight excluding hydrogens is 356 g/mol. The quantitative estimate of drug-likeness (QED) is 0.446. The van der Waals surface area contributed by atoms with Crippen molar-refractivity contribution in [1.29, 1.82) is 0 Å². The van der Waals surface area contributed by atoms with Gasteiger partial charge in [0.2, 0.25) is 0 Å². The minimum atomic E-state index is -0.593. The van der Waals surface area contributed by atoms with Crippen molar-refractivity contribution < 1.29 is 28.8 Å². The fourth-order valence-electron chi connectivity index (χ4n) is 3.74. The van der Waals surface area contributed by atoms with Gasteiger partial charge in [0.05, 0.1) is 19.3 Å². The Morgan fingerprint density at radius 2 is 2.11 bits per heavy atom. The summed E-state index contributed by atoms with van der Waals surface area (Å²) in [6.07, 6.45) is 4.49. The Hall–Kier alpha value is -1.91. The van der Waals surface area contributed by atoms with Gasteiger partial charge < -0.3 is 15.0 Å². The van der Waals surface area contributed by atoms with E-state index in [4.69, 9.17) is 14.4 Å². The van der Waals surface area contributed by atoms with Crippen LogP contribution in [0.2, 0.25) is 0 Å². The standard InChI is InChI=1S/C17H28N4O6/c1-2-25-15(22)11-27-21-13-6-7-14(20(9-13)17(21)24)16(23)19-26-10-12-5-3-4-8-18-12/h12-14,18H,2-11H2,1H3,(H,19,23)/t12-,13-,14+/m1/s1. The second-order valence-electron chi connectivity index (χ2n) is 7.01. The molecule has 3 atom stereocenters. The summed E-state index contributed by atoms with van der Waals surface area (Å²) in [6.45, 7) is 3.40. The summed E-state index contributed by atoms with van der Waals surface area (Å²) >= 11 is 0.